The molecule has 6 nitrogen and oxygen atoms in total. The Morgan fingerprint density at radius 2 is 1.57 bits per heavy atom. The molecule has 0 aliphatic heterocycles. The molecule has 0 N–H and O–H groups in total. The van der Waals surface area contributed by atoms with Crippen molar-refractivity contribution in [2.24, 2.45) is 0 Å². The van der Waals surface area contributed by atoms with Crippen molar-refractivity contribution in [3.05, 3.63) is 88.4 Å². The number of aryl methyl sites for hydroxylation is 2. The van der Waals surface area contributed by atoms with Gasteiger partial charge < -0.3 is 19.8 Å². The average molecular weight is 650 g/mol. The van der Waals surface area contributed by atoms with Crippen LogP contribution in [0.5, 0.6) is 5.75 Å². The minimum atomic E-state index is -0.0686. The molecule has 0 saturated heterocycles. The topological polar surface area (TPSA) is 76.4 Å². The van der Waals surface area contributed by atoms with Gasteiger partial charge in [-0.1, -0.05) is 45.4 Å². The van der Waals surface area contributed by atoms with E-state index in [2.05, 4.69) is 54.4 Å². The van der Waals surface area contributed by atoms with Crippen molar-refractivity contribution < 1.29 is 29.3 Å². The molecule has 0 atom stereocenters. The van der Waals surface area contributed by atoms with Gasteiger partial charge in [-0.25, -0.2) is 11.1 Å². The molecule has 0 unspecified atom stereocenters. The van der Waals surface area contributed by atoms with Crippen LogP contribution in [-0.2, 0) is 20.1 Å². The first kappa shape index (κ1) is 28.7. The van der Waals surface area contributed by atoms with Gasteiger partial charge in [0.15, 0.2) is 0 Å². The Balaban J connectivity index is 0.000000240. The zero-order chi connectivity index (χ0) is 24.7. The fraction of sp³-hybridized carbons (Fsp3) is 0.357. The zero-order valence-corrected chi connectivity index (χ0v) is 23.8. The number of ether oxygens (including phenoxy) is 1. The second kappa shape index (κ2) is 13.5. The Kier molecular flexibility index (Phi) is 11.1. The largest absolute Gasteiger partial charge is 3.00 e. The molecule has 7 heteroatoms. The molecule has 0 aliphatic rings. The van der Waals surface area contributed by atoms with Gasteiger partial charge in [-0.15, -0.1) is 48.0 Å². The van der Waals surface area contributed by atoms with Crippen LogP contribution in [0.4, 0.5) is 0 Å². The van der Waals surface area contributed by atoms with Gasteiger partial charge in [-0.05, 0) is 31.5 Å². The predicted octanol–water partition coefficient (Wildman–Crippen LogP) is 7.56. The van der Waals surface area contributed by atoms with Gasteiger partial charge >= 0.3 is 20.1 Å². The number of rotatable bonds is 7. The Morgan fingerprint density at radius 3 is 2.11 bits per heavy atom. The molecule has 0 amide bonds. The van der Waals surface area contributed by atoms with Crippen LogP contribution in [0.3, 0.4) is 0 Å². The van der Waals surface area contributed by atoms with Crippen LogP contribution >= 0.6 is 0 Å². The van der Waals surface area contributed by atoms with Gasteiger partial charge in [-0.3, -0.25) is 4.98 Å². The van der Waals surface area contributed by atoms with E-state index in [1.165, 1.54) is 6.33 Å². The summed E-state index contributed by atoms with van der Waals surface area (Å²) in [6.07, 6.45) is 1.46. The number of methoxy groups -OCH3 is 1. The second-order valence-electron chi connectivity index (χ2n) is 8.59. The van der Waals surface area contributed by atoms with Crippen LogP contribution in [-0.4, -0.2) is 29.2 Å². The minimum Gasteiger partial charge on any atom is -0.672 e. The van der Waals surface area contributed by atoms with Crippen LogP contribution < -0.4 is 4.74 Å². The van der Waals surface area contributed by atoms with E-state index in [1.54, 1.807) is 7.11 Å². The number of aromatic nitrogens is 2. The third-order valence-electron chi connectivity index (χ3n) is 5.22. The number of fused-ring (bicyclic) bond motifs is 1. The van der Waals surface area contributed by atoms with Gasteiger partial charge in [0.1, 0.15) is 17.8 Å². The fourth-order valence-electron chi connectivity index (χ4n) is 3.48. The van der Waals surface area contributed by atoms with Gasteiger partial charge in [0.25, 0.3) is 0 Å². The van der Waals surface area contributed by atoms with E-state index >= 15 is 0 Å². The monoisotopic (exact) mass is 650 g/mol. The quantitative estimate of drug-likeness (QED) is 0.194. The van der Waals surface area contributed by atoms with Gasteiger partial charge in [0, 0.05) is 11.1 Å². The summed E-state index contributed by atoms with van der Waals surface area (Å²) in [6.45, 7) is 12.3. The average Bonchev–Trinajstić information content (AvgIpc) is 3.12. The van der Waals surface area contributed by atoms with Crippen molar-refractivity contribution in [2.45, 2.75) is 59.8 Å². The second-order valence-corrected chi connectivity index (χ2v) is 8.59. The summed E-state index contributed by atoms with van der Waals surface area (Å²) in [5.74, 6) is 1.75. The normalized spacial score (nSPS) is 10.9. The van der Waals surface area contributed by atoms with E-state index < -0.39 is 0 Å². The first-order chi connectivity index (χ1) is 16.3. The maximum Gasteiger partial charge on any atom is 3.00 e. The van der Waals surface area contributed by atoms with Crippen molar-refractivity contribution in [1.29, 1.82) is 0 Å². The van der Waals surface area contributed by atoms with Crippen molar-refractivity contribution in [3.63, 3.8) is 0 Å². The summed E-state index contributed by atoms with van der Waals surface area (Å²) in [5.41, 5.74) is 4.69. The first-order valence-electron chi connectivity index (χ1n) is 11.5. The standard InChI is InChI=1S/C14H11N2O.C14H22N2O.Ir/c1-9-10(2)17-14-12(9)13(15-8-16-14)11-6-4-3-5-7-11;1-10(2)15-14(16-11(3)4)12-6-8-13(17-5)9-7-12;/h3-6,8H,1-2H3;6-11,14H,1-5H3;/q-1;-2;+3. The number of furan rings is 1. The van der Waals surface area contributed by atoms with E-state index in [0.717, 1.165) is 39.3 Å². The number of hydrogen-bond acceptors (Lipinski definition) is 4. The molecular weight excluding hydrogens is 617 g/mol. The maximum absolute atomic E-state index is 5.60. The third kappa shape index (κ3) is 7.71. The molecule has 0 bridgehead atoms. The summed E-state index contributed by atoms with van der Waals surface area (Å²) in [5, 5.41) is 10.2. The molecule has 2 heterocycles. The molecule has 0 aliphatic carbocycles. The smallest absolute Gasteiger partial charge is 0.672 e. The maximum atomic E-state index is 5.60. The molecule has 2 aromatic heterocycles. The third-order valence-corrected chi connectivity index (χ3v) is 5.22. The van der Waals surface area contributed by atoms with E-state index in [-0.39, 0.29) is 38.4 Å². The summed E-state index contributed by atoms with van der Waals surface area (Å²) in [7, 11) is 1.67. The van der Waals surface area contributed by atoms with E-state index in [0.29, 0.717) is 5.71 Å². The number of hydrogen-bond donors (Lipinski definition) is 0. The Labute approximate surface area is 222 Å². The number of nitrogens with zero attached hydrogens (tertiary/aromatic N) is 4. The van der Waals surface area contributed by atoms with Crippen molar-refractivity contribution in [3.8, 4) is 17.0 Å². The van der Waals surface area contributed by atoms with Gasteiger partial charge in [-0.2, -0.15) is 0 Å². The minimum absolute atomic E-state index is 0. The Morgan fingerprint density at radius 1 is 0.914 bits per heavy atom. The van der Waals surface area contributed by atoms with Crippen LogP contribution in [0.1, 0.15) is 50.7 Å². The molecule has 0 radical (unpaired) electrons. The van der Waals surface area contributed by atoms with E-state index in [4.69, 9.17) is 9.15 Å². The molecule has 2 aromatic carbocycles. The molecule has 186 valence electrons. The van der Waals surface area contributed by atoms with Crippen LogP contribution in [0.15, 0.2) is 59.3 Å². The molecule has 35 heavy (non-hydrogen) atoms. The van der Waals surface area contributed by atoms with Crippen molar-refractivity contribution in [2.75, 3.05) is 7.11 Å². The molecule has 0 saturated carbocycles. The van der Waals surface area contributed by atoms with E-state index in [1.807, 2.05) is 62.4 Å². The number of benzene rings is 2. The van der Waals surface area contributed by atoms with Crippen molar-refractivity contribution >= 4 is 11.1 Å². The SMILES string of the molecule is COc1ccc(C([N-]C(C)C)[N-]C(C)C)cc1.Cc1oc2ncnc(-c3[c-]cccc3)c2c1C.[Ir+3]. The summed E-state index contributed by atoms with van der Waals surface area (Å²) in [6, 6.07) is 19.5. The molecule has 0 fully saturated rings. The summed E-state index contributed by atoms with van der Waals surface area (Å²) >= 11 is 0. The fourth-order valence-corrected chi connectivity index (χ4v) is 3.48. The zero-order valence-electron chi connectivity index (χ0n) is 21.4. The van der Waals surface area contributed by atoms with Gasteiger partial charge in [0.2, 0.25) is 5.71 Å². The first-order valence-corrected chi connectivity index (χ1v) is 11.5. The summed E-state index contributed by atoms with van der Waals surface area (Å²) < 4.78 is 10.7. The van der Waals surface area contributed by atoms with Crippen LogP contribution in [0.2, 0.25) is 0 Å². The molecule has 4 aromatic rings. The Bertz CT molecular complexity index is 1170. The summed E-state index contributed by atoms with van der Waals surface area (Å²) in [4.78, 5) is 8.51. The Hall–Kier alpha value is -2.57. The van der Waals surface area contributed by atoms with Crippen LogP contribution in [0.25, 0.3) is 33.0 Å². The molecular formula is C28H33IrN4O2. The van der Waals surface area contributed by atoms with E-state index in [9.17, 15) is 0 Å². The molecule has 0 spiro atoms. The van der Waals surface area contributed by atoms with Gasteiger partial charge in [0.05, 0.1) is 7.11 Å². The van der Waals surface area contributed by atoms with Crippen molar-refractivity contribution in [1.82, 2.24) is 9.97 Å². The molecule has 4 rings (SSSR count). The van der Waals surface area contributed by atoms with Crippen LogP contribution in [0, 0.1) is 19.9 Å². The predicted molar refractivity (Wildman–Crippen MR) is 138 cm³/mol.